The van der Waals surface area contributed by atoms with Crippen molar-refractivity contribution in [1.29, 1.82) is 0 Å². The van der Waals surface area contributed by atoms with Gasteiger partial charge in [0.15, 0.2) is 0 Å². The highest BCUT2D eigenvalue weighted by Gasteiger charge is 2.12. The normalized spacial score (nSPS) is 10.6. The van der Waals surface area contributed by atoms with E-state index in [0.29, 0.717) is 0 Å². The van der Waals surface area contributed by atoms with Gasteiger partial charge in [0.2, 0.25) is 0 Å². The fraction of sp³-hybridized carbons (Fsp3) is 0. The molecule has 4 rings (SSSR count). The zero-order valence-electron chi connectivity index (χ0n) is 15.7. The minimum absolute atomic E-state index is 0.272. The van der Waals surface area contributed by atoms with Crippen molar-refractivity contribution in [3.05, 3.63) is 97.1 Å². The number of nitrogens with zero attached hydrogens (tertiary/aromatic N) is 1. The lowest BCUT2D eigenvalue weighted by Gasteiger charge is -2.26. The topological polar surface area (TPSA) is 49.5 Å². The highest BCUT2D eigenvalue weighted by Crippen LogP contribution is 2.35. The monoisotopic (exact) mass is 364 g/mol. The fourth-order valence-electron chi connectivity index (χ4n) is 3.22. The smallest absolute Gasteiger partial charge is 0.139 e. The Balaban J connectivity index is 1.74. The molecule has 0 radical (unpaired) electrons. The van der Waals surface area contributed by atoms with Gasteiger partial charge in [-0.2, -0.15) is 0 Å². The van der Waals surface area contributed by atoms with Crippen LogP contribution in [0, 0.1) is 0 Å². The highest BCUT2D eigenvalue weighted by molar-refractivity contribution is 6.32. The molecule has 0 bridgehead atoms. The van der Waals surface area contributed by atoms with Gasteiger partial charge in [-0.1, -0.05) is 41.9 Å². The molecule has 0 spiro atoms. The molecule has 0 atom stereocenters. The summed E-state index contributed by atoms with van der Waals surface area (Å²) < 4.78 is 0. The molecule has 0 saturated carbocycles. The summed E-state index contributed by atoms with van der Waals surface area (Å²) in [6, 6.07) is 32.0. The lowest BCUT2D eigenvalue weighted by atomic mass is 9.96. The number of aromatic hydroxyl groups is 1. The van der Waals surface area contributed by atoms with Crippen LogP contribution in [0.5, 0.6) is 5.75 Å². The van der Waals surface area contributed by atoms with Gasteiger partial charge >= 0.3 is 0 Å². The second kappa shape index (κ2) is 7.53. The van der Waals surface area contributed by atoms with Crippen LogP contribution in [0.15, 0.2) is 97.1 Å². The molecule has 0 aliphatic carbocycles. The Kier molecular flexibility index (Phi) is 4.77. The van der Waals surface area contributed by atoms with Crippen LogP contribution in [0.1, 0.15) is 0 Å². The van der Waals surface area contributed by atoms with E-state index in [0.717, 1.165) is 33.9 Å². The SMILES string of the molecule is Bc1ccc(N(c2ccc(N)cc2)c2ccc(-c3ccc(O)cc3)cc2)cc1. The first-order valence-electron chi connectivity index (χ1n) is 9.22. The summed E-state index contributed by atoms with van der Waals surface area (Å²) in [5.41, 5.74) is 13.2. The molecular formula is C24H21BN2O. The zero-order chi connectivity index (χ0) is 19.5. The number of rotatable bonds is 4. The molecule has 0 amide bonds. The van der Waals surface area contributed by atoms with Crippen molar-refractivity contribution >= 4 is 36.1 Å². The third-order valence-corrected chi connectivity index (χ3v) is 4.77. The standard InChI is InChI=1S/C24H21BN2O/c25-19-5-11-22(12-6-19)27(23-13-7-20(26)8-14-23)21-9-1-17(2-10-21)18-3-15-24(28)16-4-18/h1-16,28H,25-26H2. The molecule has 0 aliphatic heterocycles. The quantitative estimate of drug-likeness (QED) is 0.418. The van der Waals surface area contributed by atoms with Gasteiger partial charge in [0.05, 0.1) is 0 Å². The van der Waals surface area contributed by atoms with E-state index in [-0.39, 0.29) is 5.75 Å². The number of nitrogens with two attached hydrogens (primary N) is 1. The average molecular weight is 364 g/mol. The maximum Gasteiger partial charge on any atom is 0.139 e. The molecule has 0 saturated heterocycles. The van der Waals surface area contributed by atoms with Crippen LogP contribution in [-0.2, 0) is 0 Å². The molecule has 0 heterocycles. The number of hydrogen-bond donors (Lipinski definition) is 2. The lowest BCUT2D eigenvalue weighted by Crippen LogP contribution is -2.11. The van der Waals surface area contributed by atoms with Crippen molar-refractivity contribution < 1.29 is 5.11 Å². The first-order chi connectivity index (χ1) is 13.6. The van der Waals surface area contributed by atoms with Gasteiger partial charge in [-0.05, 0) is 71.8 Å². The molecule has 136 valence electrons. The first kappa shape index (κ1) is 17.7. The average Bonchev–Trinajstić information content (AvgIpc) is 2.72. The molecule has 4 aromatic carbocycles. The number of benzene rings is 4. The van der Waals surface area contributed by atoms with E-state index in [1.165, 1.54) is 5.46 Å². The van der Waals surface area contributed by atoms with Crippen LogP contribution in [0.25, 0.3) is 11.1 Å². The maximum atomic E-state index is 9.50. The molecule has 4 heteroatoms. The van der Waals surface area contributed by atoms with Crippen molar-refractivity contribution in [3.63, 3.8) is 0 Å². The van der Waals surface area contributed by atoms with Crippen LogP contribution in [0.2, 0.25) is 0 Å². The number of phenols is 1. The second-order valence-electron chi connectivity index (χ2n) is 6.86. The Bertz CT molecular complexity index is 1010. The van der Waals surface area contributed by atoms with Gasteiger partial charge in [-0.25, -0.2) is 0 Å². The van der Waals surface area contributed by atoms with Gasteiger partial charge in [-0.3, -0.25) is 0 Å². The Morgan fingerprint density at radius 2 is 0.964 bits per heavy atom. The Morgan fingerprint density at radius 1 is 0.571 bits per heavy atom. The van der Waals surface area contributed by atoms with Crippen molar-refractivity contribution in [2.45, 2.75) is 0 Å². The number of nitrogen functional groups attached to an aromatic ring is 1. The van der Waals surface area contributed by atoms with Crippen LogP contribution in [-0.4, -0.2) is 13.0 Å². The molecule has 3 nitrogen and oxygen atoms in total. The zero-order valence-corrected chi connectivity index (χ0v) is 15.7. The molecule has 4 aromatic rings. The van der Waals surface area contributed by atoms with Crippen molar-refractivity contribution in [1.82, 2.24) is 0 Å². The predicted octanol–water partition coefficient (Wildman–Crippen LogP) is 4.37. The Morgan fingerprint density at radius 3 is 1.46 bits per heavy atom. The summed E-state index contributed by atoms with van der Waals surface area (Å²) in [7, 11) is 2.09. The van der Waals surface area contributed by atoms with Crippen molar-refractivity contribution in [2.75, 3.05) is 10.6 Å². The van der Waals surface area contributed by atoms with E-state index in [1.54, 1.807) is 12.1 Å². The first-order valence-corrected chi connectivity index (χ1v) is 9.22. The van der Waals surface area contributed by atoms with Crippen LogP contribution in [0.3, 0.4) is 0 Å². The maximum absolute atomic E-state index is 9.50. The molecule has 28 heavy (non-hydrogen) atoms. The summed E-state index contributed by atoms with van der Waals surface area (Å²) in [5, 5.41) is 9.50. The van der Waals surface area contributed by atoms with E-state index >= 15 is 0 Å². The molecule has 0 aliphatic rings. The van der Waals surface area contributed by atoms with E-state index in [4.69, 9.17) is 5.73 Å². The Hall–Kier alpha value is -3.66. The van der Waals surface area contributed by atoms with E-state index in [2.05, 4.69) is 61.3 Å². The summed E-state index contributed by atoms with van der Waals surface area (Å²) in [6.07, 6.45) is 0. The van der Waals surface area contributed by atoms with Gasteiger partial charge in [0, 0.05) is 22.7 Å². The molecule has 0 aromatic heterocycles. The number of anilines is 4. The van der Waals surface area contributed by atoms with Gasteiger partial charge in [-0.15, -0.1) is 0 Å². The molecule has 0 fully saturated rings. The van der Waals surface area contributed by atoms with Crippen LogP contribution >= 0.6 is 0 Å². The molecule has 3 N–H and O–H groups in total. The molecular weight excluding hydrogens is 343 g/mol. The molecule has 0 unspecified atom stereocenters. The number of phenolic OH excluding ortho intramolecular Hbond substituents is 1. The highest BCUT2D eigenvalue weighted by atomic mass is 16.3. The van der Waals surface area contributed by atoms with Crippen molar-refractivity contribution in [3.8, 4) is 16.9 Å². The third-order valence-electron chi connectivity index (χ3n) is 4.77. The summed E-state index contributed by atoms with van der Waals surface area (Å²) in [4.78, 5) is 2.21. The second-order valence-corrected chi connectivity index (χ2v) is 6.86. The largest absolute Gasteiger partial charge is 0.508 e. The van der Waals surface area contributed by atoms with E-state index < -0.39 is 0 Å². The van der Waals surface area contributed by atoms with E-state index in [1.807, 2.05) is 36.4 Å². The van der Waals surface area contributed by atoms with Crippen LogP contribution in [0.4, 0.5) is 22.7 Å². The summed E-state index contributed by atoms with van der Waals surface area (Å²) >= 11 is 0. The lowest BCUT2D eigenvalue weighted by molar-refractivity contribution is 0.475. The van der Waals surface area contributed by atoms with Gasteiger partial charge < -0.3 is 15.7 Å². The minimum atomic E-state index is 0.272. The van der Waals surface area contributed by atoms with E-state index in [9.17, 15) is 5.11 Å². The summed E-state index contributed by atoms with van der Waals surface area (Å²) in [5.74, 6) is 0.272. The third kappa shape index (κ3) is 3.72. The van der Waals surface area contributed by atoms with Gasteiger partial charge in [0.1, 0.15) is 13.6 Å². The van der Waals surface area contributed by atoms with Gasteiger partial charge in [0.25, 0.3) is 0 Å². The fourth-order valence-corrected chi connectivity index (χ4v) is 3.22. The van der Waals surface area contributed by atoms with Crippen molar-refractivity contribution in [2.24, 2.45) is 0 Å². The number of hydrogen-bond acceptors (Lipinski definition) is 3. The predicted molar refractivity (Wildman–Crippen MR) is 121 cm³/mol. The summed E-state index contributed by atoms with van der Waals surface area (Å²) in [6.45, 7) is 0. The van der Waals surface area contributed by atoms with Crippen LogP contribution < -0.4 is 16.1 Å². The minimum Gasteiger partial charge on any atom is -0.508 e. The Labute approximate surface area is 166 Å².